The van der Waals surface area contributed by atoms with E-state index in [1.165, 1.54) is 6.20 Å². The Bertz CT molecular complexity index is 1160. The highest BCUT2D eigenvalue weighted by Gasteiger charge is 2.13. The quantitative estimate of drug-likeness (QED) is 0.436. The molecule has 31 heavy (non-hydrogen) atoms. The van der Waals surface area contributed by atoms with Crippen LogP contribution in [0.4, 0.5) is 5.69 Å². The normalized spacial score (nSPS) is 11.9. The molecule has 0 aliphatic carbocycles. The number of aliphatic imine (C=N–C) groups is 1. The molecule has 3 aromatic rings. The highest BCUT2D eigenvalue weighted by atomic mass is 16.2. The van der Waals surface area contributed by atoms with Crippen molar-refractivity contribution in [2.75, 3.05) is 6.54 Å². The van der Waals surface area contributed by atoms with Gasteiger partial charge in [0.15, 0.2) is 0 Å². The van der Waals surface area contributed by atoms with Crippen molar-refractivity contribution in [1.82, 2.24) is 25.6 Å². The second-order valence-corrected chi connectivity index (χ2v) is 7.24. The molecule has 0 fully saturated rings. The molecule has 2 amide bonds. The van der Waals surface area contributed by atoms with Crippen molar-refractivity contribution in [3.8, 4) is 0 Å². The highest BCUT2D eigenvalue weighted by Crippen LogP contribution is 2.19. The first-order valence-corrected chi connectivity index (χ1v) is 9.83. The van der Waals surface area contributed by atoms with Crippen molar-refractivity contribution in [3.05, 3.63) is 65.4 Å². The molecule has 0 spiro atoms. The minimum atomic E-state index is -0.415. The third-order valence-corrected chi connectivity index (χ3v) is 4.26. The molecule has 9 heteroatoms. The van der Waals surface area contributed by atoms with E-state index in [4.69, 9.17) is 5.73 Å². The smallest absolute Gasteiger partial charge is 0.270 e. The minimum absolute atomic E-state index is 0.0266. The average Bonchev–Trinajstić information content (AvgIpc) is 3.12. The van der Waals surface area contributed by atoms with E-state index in [0.717, 1.165) is 22.5 Å². The van der Waals surface area contributed by atoms with Crippen LogP contribution in [0.3, 0.4) is 0 Å². The zero-order valence-electron chi connectivity index (χ0n) is 17.6. The Morgan fingerprint density at radius 3 is 2.61 bits per heavy atom. The number of aromatic amines is 1. The van der Waals surface area contributed by atoms with Crippen LogP contribution in [-0.2, 0) is 0 Å². The number of hydrogen-bond donors (Lipinski definition) is 4. The van der Waals surface area contributed by atoms with Gasteiger partial charge in [0.05, 0.1) is 16.7 Å². The van der Waals surface area contributed by atoms with Crippen molar-refractivity contribution < 1.29 is 9.59 Å². The minimum Gasteiger partial charge on any atom is -0.404 e. The van der Waals surface area contributed by atoms with Gasteiger partial charge in [0.25, 0.3) is 11.8 Å². The van der Waals surface area contributed by atoms with Crippen molar-refractivity contribution in [2.24, 2.45) is 10.7 Å². The second kappa shape index (κ2) is 9.66. The van der Waals surface area contributed by atoms with E-state index in [9.17, 15) is 9.59 Å². The number of hydrogen-bond acceptors (Lipinski definition) is 6. The first kappa shape index (κ1) is 21.7. The third kappa shape index (κ3) is 5.75. The van der Waals surface area contributed by atoms with Gasteiger partial charge in [-0.05, 0) is 51.1 Å². The van der Waals surface area contributed by atoms with Crippen LogP contribution >= 0.6 is 0 Å². The van der Waals surface area contributed by atoms with E-state index in [0.29, 0.717) is 5.57 Å². The highest BCUT2D eigenvalue weighted by molar-refractivity contribution is 5.96. The lowest BCUT2D eigenvalue weighted by molar-refractivity contribution is 0.0937. The lowest BCUT2D eigenvalue weighted by Gasteiger charge is -2.09. The summed E-state index contributed by atoms with van der Waals surface area (Å²) in [5.74, 6) is 0.0887. The van der Waals surface area contributed by atoms with Crippen LogP contribution in [-0.4, -0.2) is 45.6 Å². The molecule has 3 rings (SSSR count). The van der Waals surface area contributed by atoms with Crippen molar-refractivity contribution in [1.29, 1.82) is 0 Å². The number of aryl methyl sites for hydroxylation is 1. The summed E-state index contributed by atoms with van der Waals surface area (Å²) in [5, 5.41) is 5.48. The summed E-state index contributed by atoms with van der Waals surface area (Å²) in [6, 6.07) is 10.3. The molecule has 1 aromatic carbocycles. The van der Waals surface area contributed by atoms with Crippen LogP contribution in [0.15, 0.2) is 53.2 Å². The van der Waals surface area contributed by atoms with E-state index < -0.39 is 5.91 Å². The number of carbonyl (C=O) groups is 2. The van der Waals surface area contributed by atoms with Crippen molar-refractivity contribution >= 4 is 34.7 Å². The molecule has 0 aliphatic rings. The molecule has 2 aromatic heterocycles. The fraction of sp³-hybridized carbons (Fsp3) is 0.227. The Balaban J connectivity index is 1.62. The predicted molar refractivity (Wildman–Crippen MR) is 120 cm³/mol. The Morgan fingerprint density at radius 1 is 1.16 bits per heavy atom. The third-order valence-electron chi connectivity index (χ3n) is 4.26. The van der Waals surface area contributed by atoms with Gasteiger partial charge in [-0.1, -0.05) is 6.07 Å². The summed E-state index contributed by atoms with van der Waals surface area (Å²) in [4.78, 5) is 40.6. The first-order valence-electron chi connectivity index (χ1n) is 9.83. The van der Waals surface area contributed by atoms with Crippen LogP contribution in [0.5, 0.6) is 0 Å². The molecular formula is C22H25N7O2. The number of amides is 2. The molecule has 0 saturated carbocycles. The summed E-state index contributed by atoms with van der Waals surface area (Å²) < 4.78 is 0. The molecule has 0 unspecified atom stereocenters. The topological polar surface area (TPSA) is 138 Å². The van der Waals surface area contributed by atoms with Crippen LogP contribution in [0.25, 0.3) is 11.0 Å². The SMILES string of the molecule is Cc1nc2ccc(N=CC(=CN)CNC(=O)c3cccc(C(=O)NC(C)C)n3)cc2[nH]1. The fourth-order valence-electron chi connectivity index (χ4n) is 2.81. The van der Waals surface area contributed by atoms with Crippen LogP contribution in [0.2, 0.25) is 0 Å². The van der Waals surface area contributed by atoms with E-state index in [2.05, 4.69) is 30.6 Å². The van der Waals surface area contributed by atoms with Gasteiger partial charge in [-0.25, -0.2) is 9.97 Å². The number of nitrogens with two attached hydrogens (primary N) is 1. The summed E-state index contributed by atoms with van der Waals surface area (Å²) in [6.45, 7) is 5.76. The summed E-state index contributed by atoms with van der Waals surface area (Å²) in [6.07, 6.45) is 2.97. The van der Waals surface area contributed by atoms with E-state index in [1.54, 1.807) is 24.4 Å². The van der Waals surface area contributed by atoms with Gasteiger partial charge in [-0.3, -0.25) is 14.6 Å². The number of carbonyl (C=O) groups excluding carboxylic acids is 2. The molecule has 0 aliphatic heterocycles. The zero-order chi connectivity index (χ0) is 22.4. The van der Waals surface area contributed by atoms with Gasteiger partial charge in [0.2, 0.25) is 0 Å². The van der Waals surface area contributed by atoms with Crippen LogP contribution in [0, 0.1) is 6.92 Å². The Kier molecular flexibility index (Phi) is 6.76. The van der Waals surface area contributed by atoms with Gasteiger partial charge in [-0.15, -0.1) is 0 Å². The van der Waals surface area contributed by atoms with Crippen LogP contribution < -0.4 is 16.4 Å². The van der Waals surface area contributed by atoms with E-state index in [1.807, 2.05) is 39.0 Å². The number of fused-ring (bicyclic) bond motifs is 1. The predicted octanol–water partition coefficient (Wildman–Crippen LogP) is 2.38. The van der Waals surface area contributed by atoms with Gasteiger partial charge < -0.3 is 21.4 Å². The largest absolute Gasteiger partial charge is 0.404 e. The first-order chi connectivity index (χ1) is 14.9. The van der Waals surface area contributed by atoms with Crippen molar-refractivity contribution in [2.45, 2.75) is 26.8 Å². The van der Waals surface area contributed by atoms with Gasteiger partial charge in [0.1, 0.15) is 17.2 Å². The second-order valence-electron chi connectivity index (χ2n) is 7.24. The maximum absolute atomic E-state index is 12.5. The number of rotatable bonds is 7. The number of nitrogens with one attached hydrogen (secondary N) is 3. The Morgan fingerprint density at radius 2 is 1.90 bits per heavy atom. The van der Waals surface area contributed by atoms with Gasteiger partial charge >= 0.3 is 0 Å². The number of benzene rings is 1. The number of aromatic nitrogens is 3. The Hall–Kier alpha value is -4.01. The lowest BCUT2D eigenvalue weighted by Crippen LogP contribution is -2.32. The van der Waals surface area contributed by atoms with E-state index in [-0.39, 0.29) is 29.9 Å². The summed E-state index contributed by atoms with van der Waals surface area (Å²) in [7, 11) is 0. The zero-order valence-corrected chi connectivity index (χ0v) is 17.6. The lowest BCUT2D eigenvalue weighted by atomic mass is 10.2. The molecule has 0 bridgehead atoms. The molecule has 2 heterocycles. The summed E-state index contributed by atoms with van der Waals surface area (Å²) >= 11 is 0. The molecule has 5 N–H and O–H groups in total. The summed E-state index contributed by atoms with van der Waals surface area (Å²) in [5.41, 5.74) is 9.11. The Labute approximate surface area is 179 Å². The number of imidazole rings is 1. The number of nitrogens with zero attached hydrogens (tertiary/aromatic N) is 3. The fourth-order valence-corrected chi connectivity index (χ4v) is 2.81. The standard InChI is InChI=1S/C22H25N7O2/c1-13(2)26-22(31)19-6-4-5-18(29-19)21(30)25-12-15(10-23)11-24-16-7-8-17-20(9-16)28-14(3)27-17/h4-11,13H,12,23H2,1-3H3,(H,25,30)(H,26,31)(H,27,28). The van der Waals surface area contributed by atoms with Gasteiger partial charge in [0, 0.05) is 30.6 Å². The van der Waals surface area contributed by atoms with Gasteiger partial charge in [-0.2, -0.15) is 0 Å². The molecule has 9 nitrogen and oxygen atoms in total. The molecular weight excluding hydrogens is 394 g/mol. The number of H-pyrrole nitrogens is 1. The molecule has 160 valence electrons. The molecule has 0 radical (unpaired) electrons. The molecule has 0 saturated heterocycles. The maximum atomic E-state index is 12.5. The van der Waals surface area contributed by atoms with Crippen LogP contribution in [0.1, 0.15) is 40.6 Å². The average molecular weight is 419 g/mol. The van der Waals surface area contributed by atoms with E-state index >= 15 is 0 Å². The van der Waals surface area contributed by atoms with Crippen molar-refractivity contribution in [3.63, 3.8) is 0 Å². The monoisotopic (exact) mass is 419 g/mol. The number of pyridine rings is 1. The maximum Gasteiger partial charge on any atom is 0.270 e. The molecule has 0 atom stereocenters.